The van der Waals surface area contributed by atoms with Gasteiger partial charge in [0.05, 0.1) is 13.3 Å². The van der Waals surface area contributed by atoms with Crippen LogP contribution in [0.5, 0.6) is 0 Å². The van der Waals surface area contributed by atoms with Gasteiger partial charge in [-0.3, -0.25) is 0 Å². The van der Waals surface area contributed by atoms with E-state index in [9.17, 15) is 13.6 Å². The van der Waals surface area contributed by atoms with Gasteiger partial charge >= 0.3 is 5.97 Å². The summed E-state index contributed by atoms with van der Waals surface area (Å²) >= 11 is 0. The van der Waals surface area contributed by atoms with Crippen LogP contribution in [0.2, 0.25) is 0 Å². The Balaban J connectivity index is 2.47. The fourth-order valence-corrected chi connectivity index (χ4v) is 1.28. The van der Waals surface area contributed by atoms with Crippen LogP contribution in [0, 0.1) is 11.6 Å². The molecular formula is C10H7F2N3O2. The van der Waals surface area contributed by atoms with E-state index in [0.29, 0.717) is 0 Å². The average molecular weight is 239 g/mol. The lowest BCUT2D eigenvalue weighted by molar-refractivity contribution is 0.0594. The van der Waals surface area contributed by atoms with Gasteiger partial charge in [0.25, 0.3) is 0 Å². The molecule has 0 fully saturated rings. The van der Waals surface area contributed by atoms with Gasteiger partial charge in [0.15, 0.2) is 17.3 Å². The van der Waals surface area contributed by atoms with E-state index in [2.05, 4.69) is 15.0 Å². The molecule has 0 unspecified atom stereocenters. The Morgan fingerprint density at radius 1 is 1.35 bits per heavy atom. The molecule has 1 aromatic heterocycles. The number of benzene rings is 1. The first-order valence-electron chi connectivity index (χ1n) is 4.58. The minimum absolute atomic E-state index is 0.129. The molecule has 0 N–H and O–H groups in total. The van der Waals surface area contributed by atoms with Crippen LogP contribution in [0.25, 0.3) is 5.69 Å². The van der Waals surface area contributed by atoms with E-state index in [-0.39, 0.29) is 5.69 Å². The number of methoxy groups -OCH3 is 1. The highest BCUT2D eigenvalue weighted by molar-refractivity contribution is 5.86. The van der Waals surface area contributed by atoms with Crippen molar-refractivity contribution >= 4 is 5.97 Å². The lowest BCUT2D eigenvalue weighted by Gasteiger charge is -2.02. The summed E-state index contributed by atoms with van der Waals surface area (Å²) in [5.41, 5.74) is -0.523. The summed E-state index contributed by atoms with van der Waals surface area (Å²) in [4.78, 5) is 11.1. The van der Waals surface area contributed by atoms with E-state index < -0.39 is 23.3 Å². The quantitative estimate of drug-likeness (QED) is 0.742. The molecule has 2 rings (SSSR count). The number of hydrogen-bond acceptors (Lipinski definition) is 4. The third kappa shape index (κ3) is 1.99. The zero-order valence-electron chi connectivity index (χ0n) is 8.72. The van der Waals surface area contributed by atoms with Crippen LogP contribution in [0.15, 0.2) is 24.4 Å². The maximum atomic E-state index is 13.4. The van der Waals surface area contributed by atoms with Crippen LogP contribution in [-0.2, 0) is 4.74 Å². The number of rotatable bonds is 2. The minimum atomic E-state index is -0.800. The smallest absolute Gasteiger partial charge is 0.360 e. The Labute approximate surface area is 94.6 Å². The standard InChI is InChI=1S/C10H7F2N3O2/c1-17-10(16)8-5-15(14-13-8)9-6(11)3-2-4-7(9)12/h2-5H,1H3. The number of para-hydroxylation sites is 1. The number of carbonyl (C=O) groups is 1. The summed E-state index contributed by atoms with van der Waals surface area (Å²) < 4.78 is 32.0. The third-order valence-corrected chi connectivity index (χ3v) is 2.05. The molecule has 0 aliphatic rings. The lowest BCUT2D eigenvalue weighted by Crippen LogP contribution is -2.02. The van der Waals surface area contributed by atoms with E-state index in [4.69, 9.17) is 0 Å². The van der Waals surface area contributed by atoms with Crippen LogP contribution < -0.4 is 0 Å². The summed E-state index contributed by atoms with van der Waals surface area (Å²) in [5, 5.41) is 6.91. The van der Waals surface area contributed by atoms with E-state index in [1.54, 1.807) is 0 Å². The molecule has 0 aliphatic heterocycles. The highest BCUT2D eigenvalue weighted by Gasteiger charge is 2.16. The molecule has 0 saturated heterocycles. The van der Waals surface area contributed by atoms with Gasteiger partial charge in [-0.15, -0.1) is 5.10 Å². The Kier molecular flexibility index (Phi) is 2.82. The minimum Gasteiger partial charge on any atom is -0.464 e. The highest BCUT2D eigenvalue weighted by Crippen LogP contribution is 2.16. The highest BCUT2D eigenvalue weighted by atomic mass is 19.1. The number of nitrogens with zero attached hydrogens (tertiary/aromatic N) is 3. The van der Waals surface area contributed by atoms with Crippen molar-refractivity contribution in [1.29, 1.82) is 0 Å². The molecule has 5 nitrogen and oxygen atoms in total. The molecule has 0 atom stereocenters. The molecule has 1 aromatic carbocycles. The van der Waals surface area contributed by atoms with Crippen molar-refractivity contribution in [2.24, 2.45) is 0 Å². The Hall–Kier alpha value is -2.31. The summed E-state index contributed by atoms with van der Waals surface area (Å²) in [7, 11) is 1.17. The molecule has 88 valence electrons. The summed E-state index contributed by atoms with van der Waals surface area (Å²) in [5.74, 6) is -2.33. The van der Waals surface area contributed by atoms with E-state index in [1.165, 1.54) is 13.2 Å². The van der Waals surface area contributed by atoms with Crippen molar-refractivity contribution in [3.8, 4) is 5.69 Å². The second-order valence-electron chi connectivity index (χ2n) is 3.11. The Bertz CT molecular complexity index is 548. The maximum Gasteiger partial charge on any atom is 0.360 e. The summed E-state index contributed by atoms with van der Waals surface area (Å²) in [6, 6.07) is 3.39. The molecule has 7 heteroatoms. The molecule has 0 radical (unpaired) electrons. The SMILES string of the molecule is COC(=O)c1cn(-c2c(F)cccc2F)nn1. The second kappa shape index (κ2) is 4.28. The van der Waals surface area contributed by atoms with Crippen molar-refractivity contribution in [3.05, 3.63) is 41.7 Å². The van der Waals surface area contributed by atoms with Crippen molar-refractivity contribution in [1.82, 2.24) is 15.0 Å². The third-order valence-electron chi connectivity index (χ3n) is 2.05. The van der Waals surface area contributed by atoms with Crippen molar-refractivity contribution in [2.45, 2.75) is 0 Å². The largest absolute Gasteiger partial charge is 0.464 e. The van der Waals surface area contributed by atoms with Gasteiger partial charge in [-0.2, -0.15) is 0 Å². The van der Waals surface area contributed by atoms with Gasteiger partial charge in [0.2, 0.25) is 0 Å². The molecule has 2 aromatic rings. The maximum absolute atomic E-state index is 13.4. The van der Waals surface area contributed by atoms with E-state index in [1.807, 2.05) is 0 Å². The molecule has 0 aliphatic carbocycles. The van der Waals surface area contributed by atoms with Crippen LogP contribution in [0.3, 0.4) is 0 Å². The van der Waals surface area contributed by atoms with E-state index >= 15 is 0 Å². The van der Waals surface area contributed by atoms with Crippen molar-refractivity contribution in [2.75, 3.05) is 7.11 Å². The first kappa shape index (κ1) is 11.2. The number of esters is 1. The lowest BCUT2D eigenvalue weighted by atomic mass is 10.3. The van der Waals surface area contributed by atoms with E-state index in [0.717, 1.165) is 23.0 Å². The number of hydrogen-bond donors (Lipinski definition) is 0. The summed E-state index contributed by atoms with van der Waals surface area (Å²) in [6.45, 7) is 0. The molecular weight excluding hydrogens is 232 g/mol. The number of carbonyl (C=O) groups excluding carboxylic acids is 1. The van der Waals surface area contributed by atoms with Gasteiger partial charge in [-0.05, 0) is 12.1 Å². The zero-order chi connectivity index (χ0) is 12.4. The fraction of sp³-hybridized carbons (Fsp3) is 0.100. The second-order valence-corrected chi connectivity index (χ2v) is 3.11. The number of ether oxygens (including phenoxy) is 1. The normalized spacial score (nSPS) is 10.3. The topological polar surface area (TPSA) is 57.0 Å². The zero-order valence-corrected chi connectivity index (χ0v) is 8.72. The van der Waals surface area contributed by atoms with Gasteiger partial charge in [0, 0.05) is 0 Å². The molecule has 0 amide bonds. The Morgan fingerprint density at radius 2 is 2.00 bits per heavy atom. The predicted molar refractivity (Wildman–Crippen MR) is 52.6 cm³/mol. The van der Waals surface area contributed by atoms with Gasteiger partial charge in [-0.1, -0.05) is 11.3 Å². The van der Waals surface area contributed by atoms with Crippen molar-refractivity contribution < 1.29 is 18.3 Å². The molecule has 0 saturated carbocycles. The van der Waals surface area contributed by atoms with Crippen LogP contribution in [0.4, 0.5) is 8.78 Å². The van der Waals surface area contributed by atoms with Gasteiger partial charge < -0.3 is 4.74 Å². The van der Waals surface area contributed by atoms with Crippen LogP contribution in [0.1, 0.15) is 10.5 Å². The number of halogens is 2. The summed E-state index contributed by atoms with van der Waals surface area (Å²) in [6.07, 6.45) is 1.09. The molecule has 1 heterocycles. The predicted octanol–water partition coefficient (Wildman–Crippen LogP) is 1.33. The fourth-order valence-electron chi connectivity index (χ4n) is 1.28. The molecule has 17 heavy (non-hydrogen) atoms. The number of aromatic nitrogens is 3. The monoisotopic (exact) mass is 239 g/mol. The first-order valence-corrected chi connectivity index (χ1v) is 4.58. The van der Waals surface area contributed by atoms with Gasteiger partial charge in [0.1, 0.15) is 5.69 Å². The van der Waals surface area contributed by atoms with Crippen LogP contribution >= 0.6 is 0 Å². The van der Waals surface area contributed by atoms with Crippen LogP contribution in [-0.4, -0.2) is 28.1 Å². The average Bonchev–Trinajstić information content (AvgIpc) is 2.77. The van der Waals surface area contributed by atoms with Gasteiger partial charge in [-0.25, -0.2) is 18.3 Å². The van der Waals surface area contributed by atoms with Crippen molar-refractivity contribution in [3.63, 3.8) is 0 Å². The molecule has 0 bridgehead atoms. The first-order chi connectivity index (χ1) is 8.13. The molecule has 0 spiro atoms. The Morgan fingerprint density at radius 3 is 2.59 bits per heavy atom.